The number of hydrogen-bond donors (Lipinski definition) is 0. The zero-order chi connectivity index (χ0) is 0. The molecule has 4 heavy (non-hydrogen) atoms. The standard InChI is InChI=1S/Er.Fe.Ga.Gd.3H. The smallest absolute Gasteiger partial charge is 0 e. The van der Waals surface area contributed by atoms with Crippen LogP contribution in [0.25, 0.3) is 0 Å². The van der Waals surface area contributed by atoms with Crippen molar-refractivity contribution in [1.29, 1.82) is 0 Å². The topological polar surface area (TPSA) is 0 Å². The van der Waals surface area contributed by atoms with Gasteiger partial charge >= 0.3 is 19.8 Å². The van der Waals surface area contributed by atoms with E-state index in [1.807, 2.05) is 0 Å². The molecular weight excluding hydrogens is 450 g/mol. The summed E-state index contributed by atoms with van der Waals surface area (Å²) in [6.07, 6.45) is 0. The molecule has 0 atom stereocenters. The van der Waals surface area contributed by atoms with Crippen LogP contribution in [0.1, 0.15) is 0 Å². The minimum absolute atomic E-state index is 0. The first-order valence-electron chi connectivity index (χ1n) is 0. The first kappa shape index (κ1) is 25.2. The molecule has 0 aliphatic rings. The van der Waals surface area contributed by atoms with Gasteiger partial charge in [0.2, 0.25) is 0 Å². The molecule has 0 radical (unpaired) electrons. The summed E-state index contributed by atoms with van der Waals surface area (Å²) in [7, 11) is 0. The average molecular weight is 453 g/mol. The fourth-order valence-corrected chi connectivity index (χ4v) is 0. The second-order valence-electron chi connectivity index (χ2n) is 0. The van der Waals surface area contributed by atoms with Gasteiger partial charge in [-0.15, -0.1) is 0 Å². The zero-order valence-electron chi connectivity index (χ0n) is 0.996. The molecule has 0 aromatic heterocycles. The molecule has 0 saturated carbocycles. The van der Waals surface area contributed by atoms with Crippen molar-refractivity contribution in [3.8, 4) is 0 Å². The molecule has 0 nitrogen and oxygen atoms in total. The monoisotopic (exact) mass is 452 g/mol. The van der Waals surface area contributed by atoms with E-state index >= 15 is 0 Å². The van der Waals surface area contributed by atoms with E-state index in [2.05, 4.69) is 0 Å². The molecule has 34 valence electrons. The molecule has 4 heteroatoms. The Labute approximate surface area is 111 Å². The molecule has 0 saturated heterocycles. The maximum atomic E-state index is 0. The zero-order valence-corrected chi connectivity index (χ0v) is 6.22. The van der Waals surface area contributed by atoms with E-state index in [1.54, 1.807) is 0 Å². The van der Waals surface area contributed by atoms with Crippen molar-refractivity contribution in [2.24, 2.45) is 0 Å². The SMILES string of the molecule is [Er].[Fe].[GaH3].[Gd]. The maximum Gasteiger partial charge on any atom is 0 e. The summed E-state index contributed by atoms with van der Waals surface area (Å²) in [4.78, 5) is 0. The van der Waals surface area contributed by atoms with Crippen molar-refractivity contribution in [1.82, 2.24) is 0 Å². The van der Waals surface area contributed by atoms with E-state index in [0.717, 1.165) is 0 Å². The van der Waals surface area contributed by atoms with Gasteiger partial charge in [-0.05, 0) is 0 Å². The van der Waals surface area contributed by atoms with E-state index in [9.17, 15) is 0 Å². The van der Waals surface area contributed by atoms with E-state index in [1.165, 1.54) is 0 Å². The third kappa shape index (κ3) is 9.21. The van der Waals surface area contributed by atoms with Gasteiger partial charge in [0.15, 0.2) is 0 Å². The largest absolute Gasteiger partial charge is 0 e. The molecular formula is H3ErFeGaGd. The van der Waals surface area contributed by atoms with Crippen molar-refractivity contribution in [2.75, 3.05) is 0 Å². The first-order valence-corrected chi connectivity index (χ1v) is 0. The van der Waals surface area contributed by atoms with E-state index in [4.69, 9.17) is 0 Å². The predicted molar refractivity (Wildman–Crippen MR) is 9.94 cm³/mol. The number of rotatable bonds is 0. The average Bonchev–Trinajstić information content (AvgIpc) is 0. The van der Waals surface area contributed by atoms with E-state index < -0.39 is 0 Å². The van der Waals surface area contributed by atoms with Gasteiger partial charge in [0.1, 0.15) is 0 Å². The molecule has 0 rings (SSSR count). The summed E-state index contributed by atoms with van der Waals surface area (Å²) in [5.74, 6) is 0. The van der Waals surface area contributed by atoms with Crippen LogP contribution in [-0.4, -0.2) is 19.8 Å². The van der Waals surface area contributed by atoms with Crippen molar-refractivity contribution in [3.63, 3.8) is 0 Å². The molecule has 0 aromatic rings. The second-order valence-corrected chi connectivity index (χ2v) is 0. The minimum atomic E-state index is 0. The van der Waals surface area contributed by atoms with Gasteiger partial charge in [-0.25, -0.2) is 0 Å². The Morgan fingerprint density at radius 3 is 1.00 bits per heavy atom. The van der Waals surface area contributed by atoms with Crippen LogP contribution in [0.5, 0.6) is 0 Å². The molecule has 0 heterocycles. The van der Waals surface area contributed by atoms with Crippen LogP contribution in [0.2, 0.25) is 0 Å². The summed E-state index contributed by atoms with van der Waals surface area (Å²) in [6.45, 7) is 0. The Kier molecular flexibility index (Phi) is 100.0. The van der Waals surface area contributed by atoms with Crippen molar-refractivity contribution < 1.29 is 94.3 Å². The summed E-state index contributed by atoms with van der Waals surface area (Å²) < 4.78 is 0. The Hall–Kier alpha value is 3.73. The van der Waals surface area contributed by atoms with Crippen molar-refractivity contribution in [2.45, 2.75) is 0 Å². The molecule has 0 aliphatic heterocycles. The van der Waals surface area contributed by atoms with Crippen LogP contribution < -0.4 is 0 Å². The van der Waals surface area contributed by atoms with Crippen LogP contribution in [0.3, 0.4) is 0 Å². The maximum absolute atomic E-state index is 0. The first-order chi connectivity index (χ1) is 0. The fourth-order valence-electron chi connectivity index (χ4n) is 0. The summed E-state index contributed by atoms with van der Waals surface area (Å²) in [6, 6.07) is 0. The molecule has 0 spiro atoms. The fraction of sp³-hybridized carbons (Fsp3) is 0. The quantitative estimate of drug-likeness (QED) is 0.406. The molecule has 0 N–H and O–H groups in total. The van der Waals surface area contributed by atoms with E-state index in [-0.39, 0.29) is 114 Å². The normalized spacial score (nSPS) is 0. The molecule has 0 fully saturated rings. The van der Waals surface area contributed by atoms with Gasteiger partial charge in [0, 0.05) is 94.3 Å². The van der Waals surface area contributed by atoms with Crippen LogP contribution >= 0.6 is 0 Å². The van der Waals surface area contributed by atoms with Gasteiger partial charge in [0.05, 0.1) is 0 Å². The van der Waals surface area contributed by atoms with Crippen LogP contribution in [0, 0.1) is 77.2 Å². The molecule has 0 aromatic carbocycles. The third-order valence-electron chi connectivity index (χ3n) is 0. The summed E-state index contributed by atoms with van der Waals surface area (Å²) in [5.41, 5.74) is 0. The van der Waals surface area contributed by atoms with Crippen molar-refractivity contribution in [3.05, 3.63) is 0 Å². The van der Waals surface area contributed by atoms with Gasteiger partial charge in [0.25, 0.3) is 0 Å². The second kappa shape index (κ2) is 15.9. The van der Waals surface area contributed by atoms with Crippen LogP contribution in [0.4, 0.5) is 0 Å². The Morgan fingerprint density at radius 1 is 1.00 bits per heavy atom. The summed E-state index contributed by atoms with van der Waals surface area (Å²) >= 11 is 0. The van der Waals surface area contributed by atoms with Crippen LogP contribution in [0.15, 0.2) is 0 Å². The molecule has 0 amide bonds. The van der Waals surface area contributed by atoms with E-state index in [0.29, 0.717) is 0 Å². The van der Waals surface area contributed by atoms with Gasteiger partial charge < -0.3 is 0 Å². The molecule has 0 bridgehead atoms. The Bertz CT molecular complexity index is 8.00. The number of hydrogen-bond acceptors (Lipinski definition) is 0. The van der Waals surface area contributed by atoms with Gasteiger partial charge in [-0.2, -0.15) is 0 Å². The minimum Gasteiger partial charge on any atom is 0 e. The van der Waals surface area contributed by atoms with Crippen molar-refractivity contribution >= 4 is 19.8 Å². The van der Waals surface area contributed by atoms with Gasteiger partial charge in [-0.3, -0.25) is 0 Å². The Morgan fingerprint density at radius 2 is 1.00 bits per heavy atom. The summed E-state index contributed by atoms with van der Waals surface area (Å²) in [5, 5.41) is 0. The van der Waals surface area contributed by atoms with Gasteiger partial charge in [-0.1, -0.05) is 0 Å². The molecule has 0 aliphatic carbocycles. The Balaban J connectivity index is 0. The third-order valence-corrected chi connectivity index (χ3v) is 0. The molecule has 0 unspecified atom stereocenters. The predicted octanol–water partition coefficient (Wildman–Crippen LogP) is -1.19. The van der Waals surface area contributed by atoms with Crippen LogP contribution in [-0.2, 0) is 17.1 Å².